The molecule has 0 atom stereocenters. The molecule has 3 aromatic carbocycles. The molecule has 1 fully saturated rings. The molecule has 0 unspecified atom stereocenters. The minimum absolute atomic E-state index is 0.00100. The average Bonchev–Trinajstić information content (AvgIpc) is 2.86. The Bertz CT molecular complexity index is 1160. The predicted octanol–water partition coefficient (Wildman–Crippen LogP) is 3.89. The number of carbonyl (C=O) groups is 3. The summed E-state index contributed by atoms with van der Waals surface area (Å²) in [5.74, 6) is -0.942. The van der Waals surface area contributed by atoms with Gasteiger partial charge in [-0.15, -0.1) is 0 Å². The van der Waals surface area contributed by atoms with Crippen LogP contribution in [0.15, 0.2) is 78.9 Å². The van der Waals surface area contributed by atoms with E-state index < -0.39 is 0 Å². The molecule has 4 rings (SSSR count). The summed E-state index contributed by atoms with van der Waals surface area (Å²) in [6.45, 7) is 1.52. The van der Waals surface area contributed by atoms with E-state index in [0.717, 1.165) is 0 Å². The Kier molecular flexibility index (Phi) is 7.44. The average molecular weight is 460 g/mol. The van der Waals surface area contributed by atoms with Crippen molar-refractivity contribution in [2.75, 3.05) is 25.0 Å². The van der Waals surface area contributed by atoms with E-state index in [4.69, 9.17) is 0 Å². The second-order valence-corrected chi connectivity index (χ2v) is 8.32. The molecule has 6 nitrogen and oxygen atoms in total. The highest BCUT2D eigenvalue weighted by Crippen LogP contribution is 2.20. The lowest BCUT2D eigenvalue weighted by molar-refractivity contribution is -0.117. The van der Waals surface area contributed by atoms with Crippen molar-refractivity contribution in [3.8, 4) is 0 Å². The summed E-state index contributed by atoms with van der Waals surface area (Å²) in [5, 5.41) is 5.85. The Hall–Kier alpha value is -3.84. The van der Waals surface area contributed by atoms with Gasteiger partial charge in [-0.3, -0.25) is 19.3 Å². The van der Waals surface area contributed by atoms with Crippen LogP contribution in [0.25, 0.3) is 0 Å². The first kappa shape index (κ1) is 23.3. The van der Waals surface area contributed by atoms with Crippen LogP contribution in [-0.2, 0) is 4.79 Å². The highest BCUT2D eigenvalue weighted by atomic mass is 19.1. The topological polar surface area (TPSA) is 78.5 Å². The summed E-state index contributed by atoms with van der Waals surface area (Å²) < 4.78 is 13.0. The van der Waals surface area contributed by atoms with Crippen LogP contribution in [0.5, 0.6) is 0 Å². The normalized spacial score (nSPS) is 14.4. The number of ketones is 1. The molecule has 0 aliphatic carbocycles. The van der Waals surface area contributed by atoms with Crippen molar-refractivity contribution in [3.05, 3.63) is 101 Å². The van der Waals surface area contributed by atoms with Gasteiger partial charge in [-0.25, -0.2) is 4.39 Å². The molecule has 0 bridgehead atoms. The van der Waals surface area contributed by atoms with E-state index in [1.165, 1.54) is 24.3 Å². The van der Waals surface area contributed by atoms with Crippen LogP contribution < -0.4 is 10.6 Å². The van der Waals surface area contributed by atoms with E-state index in [2.05, 4.69) is 10.6 Å². The number of hydrogen-bond donors (Lipinski definition) is 2. The molecule has 1 heterocycles. The molecule has 0 radical (unpaired) electrons. The van der Waals surface area contributed by atoms with Crippen molar-refractivity contribution < 1.29 is 18.8 Å². The zero-order valence-electron chi connectivity index (χ0n) is 18.7. The van der Waals surface area contributed by atoms with Gasteiger partial charge in [-0.1, -0.05) is 42.5 Å². The van der Waals surface area contributed by atoms with Gasteiger partial charge in [0.15, 0.2) is 5.78 Å². The van der Waals surface area contributed by atoms with Gasteiger partial charge in [0.2, 0.25) is 5.91 Å². The predicted molar refractivity (Wildman–Crippen MR) is 128 cm³/mol. The number of anilines is 1. The third kappa shape index (κ3) is 5.94. The van der Waals surface area contributed by atoms with E-state index >= 15 is 0 Å². The Morgan fingerprint density at radius 1 is 0.824 bits per heavy atom. The largest absolute Gasteiger partial charge is 0.349 e. The number of benzene rings is 3. The van der Waals surface area contributed by atoms with Crippen molar-refractivity contribution in [2.45, 2.75) is 18.9 Å². The Balaban J connectivity index is 1.28. The van der Waals surface area contributed by atoms with Crippen molar-refractivity contribution in [2.24, 2.45) is 0 Å². The van der Waals surface area contributed by atoms with Crippen LogP contribution in [-0.4, -0.2) is 48.2 Å². The molecule has 34 heavy (non-hydrogen) atoms. The molecule has 174 valence electrons. The van der Waals surface area contributed by atoms with Crippen LogP contribution in [0.1, 0.15) is 39.1 Å². The molecule has 0 aromatic heterocycles. The minimum atomic E-state index is -0.379. The summed E-state index contributed by atoms with van der Waals surface area (Å²) in [7, 11) is 0. The number of hydrogen-bond acceptors (Lipinski definition) is 4. The van der Waals surface area contributed by atoms with E-state index in [1.54, 1.807) is 48.5 Å². The molecule has 0 saturated carbocycles. The van der Waals surface area contributed by atoms with E-state index in [0.29, 0.717) is 48.3 Å². The fourth-order valence-electron chi connectivity index (χ4n) is 4.03. The lowest BCUT2D eigenvalue weighted by Gasteiger charge is -2.31. The van der Waals surface area contributed by atoms with Crippen LogP contribution in [0.3, 0.4) is 0 Å². The fraction of sp³-hybridized carbons (Fsp3) is 0.222. The van der Waals surface area contributed by atoms with E-state index in [9.17, 15) is 18.8 Å². The maximum Gasteiger partial charge on any atom is 0.251 e. The summed E-state index contributed by atoms with van der Waals surface area (Å²) >= 11 is 0. The Morgan fingerprint density at radius 3 is 2.18 bits per heavy atom. The maximum atomic E-state index is 13.0. The monoisotopic (exact) mass is 459 g/mol. The minimum Gasteiger partial charge on any atom is -0.349 e. The van der Waals surface area contributed by atoms with Crippen molar-refractivity contribution in [1.29, 1.82) is 0 Å². The number of rotatable bonds is 7. The van der Waals surface area contributed by atoms with Crippen molar-refractivity contribution in [1.82, 2.24) is 10.2 Å². The SMILES string of the molecule is O=C(CN1CCC(NC(=O)c2ccc(F)cc2)CC1)Nc1ccccc1C(=O)c1ccccc1. The summed E-state index contributed by atoms with van der Waals surface area (Å²) in [4.78, 5) is 39.9. The molecule has 1 aliphatic rings. The van der Waals surface area contributed by atoms with E-state index in [1.807, 2.05) is 11.0 Å². The quantitative estimate of drug-likeness (QED) is 0.526. The number of piperidine rings is 1. The third-order valence-corrected chi connectivity index (χ3v) is 5.88. The maximum absolute atomic E-state index is 13.0. The first-order valence-electron chi connectivity index (χ1n) is 11.3. The second-order valence-electron chi connectivity index (χ2n) is 8.32. The summed E-state index contributed by atoms with van der Waals surface area (Å²) in [6, 6.07) is 21.4. The number of likely N-dealkylation sites (tertiary alicyclic amines) is 1. The number of nitrogens with one attached hydrogen (secondary N) is 2. The Morgan fingerprint density at radius 2 is 1.47 bits per heavy atom. The molecular formula is C27H26FN3O3. The molecule has 1 aliphatic heterocycles. The van der Waals surface area contributed by atoms with Gasteiger partial charge < -0.3 is 10.6 Å². The summed E-state index contributed by atoms with van der Waals surface area (Å²) in [5.41, 5.74) is 1.92. The zero-order chi connectivity index (χ0) is 23.9. The zero-order valence-corrected chi connectivity index (χ0v) is 18.7. The lowest BCUT2D eigenvalue weighted by atomic mass is 10.0. The van der Waals surface area contributed by atoms with Gasteiger partial charge in [0.25, 0.3) is 5.91 Å². The Labute approximate surface area is 197 Å². The molecule has 1 saturated heterocycles. The van der Waals surface area contributed by atoms with Gasteiger partial charge in [0.05, 0.1) is 12.2 Å². The number of halogens is 1. The first-order chi connectivity index (χ1) is 16.5. The number of para-hydroxylation sites is 1. The van der Waals surface area contributed by atoms with Gasteiger partial charge in [-0.05, 0) is 49.2 Å². The highest BCUT2D eigenvalue weighted by Gasteiger charge is 2.23. The highest BCUT2D eigenvalue weighted by molar-refractivity contribution is 6.13. The first-order valence-corrected chi connectivity index (χ1v) is 11.3. The molecule has 0 spiro atoms. The summed E-state index contributed by atoms with van der Waals surface area (Å²) in [6.07, 6.45) is 1.42. The standard InChI is InChI=1S/C27H26FN3O3/c28-21-12-10-20(11-13-21)27(34)29-22-14-16-31(17-15-22)18-25(32)30-24-9-5-4-8-23(24)26(33)19-6-2-1-3-7-19/h1-13,22H,14-18H2,(H,29,34)(H,30,32). The van der Waals surface area contributed by atoms with Gasteiger partial charge >= 0.3 is 0 Å². The second kappa shape index (κ2) is 10.9. The fourth-order valence-corrected chi connectivity index (χ4v) is 4.03. The van der Waals surface area contributed by atoms with Crippen LogP contribution in [0.2, 0.25) is 0 Å². The third-order valence-electron chi connectivity index (χ3n) is 5.88. The number of nitrogens with zero attached hydrogens (tertiary/aromatic N) is 1. The molecule has 2 N–H and O–H groups in total. The van der Waals surface area contributed by atoms with Crippen LogP contribution in [0, 0.1) is 5.82 Å². The molecular weight excluding hydrogens is 433 g/mol. The molecule has 7 heteroatoms. The lowest BCUT2D eigenvalue weighted by Crippen LogP contribution is -2.46. The van der Waals surface area contributed by atoms with Gasteiger partial charge in [0.1, 0.15) is 5.82 Å². The number of carbonyl (C=O) groups excluding carboxylic acids is 3. The number of amides is 2. The molecule has 3 aromatic rings. The van der Waals surface area contributed by atoms with Gasteiger partial charge in [-0.2, -0.15) is 0 Å². The molecule has 2 amide bonds. The van der Waals surface area contributed by atoms with E-state index in [-0.39, 0.29) is 36.0 Å². The van der Waals surface area contributed by atoms with Crippen LogP contribution in [0.4, 0.5) is 10.1 Å². The van der Waals surface area contributed by atoms with Crippen molar-refractivity contribution >= 4 is 23.3 Å². The van der Waals surface area contributed by atoms with Crippen molar-refractivity contribution in [3.63, 3.8) is 0 Å². The van der Waals surface area contributed by atoms with Crippen LogP contribution >= 0.6 is 0 Å². The van der Waals surface area contributed by atoms with Gasteiger partial charge in [0, 0.05) is 35.8 Å². The smallest absolute Gasteiger partial charge is 0.251 e.